The van der Waals surface area contributed by atoms with Crippen molar-refractivity contribution in [2.75, 3.05) is 19.6 Å². The maximum atomic E-state index is 14.1. The highest BCUT2D eigenvalue weighted by Gasteiger charge is 2.47. The fourth-order valence-corrected chi connectivity index (χ4v) is 6.58. The van der Waals surface area contributed by atoms with Crippen LogP contribution >= 0.6 is 0 Å². The minimum Gasteiger partial charge on any atom is -0.508 e. The highest BCUT2D eigenvalue weighted by molar-refractivity contribution is 5.97. The molecule has 0 unspecified atom stereocenters. The topological polar surface area (TPSA) is 256 Å². The number of guanidine groups is 1. The van der Waals surface area contributed by atoms with Crippen LogP contribution in [0.2, 0.25) is 0 Å². The van der Waals surface area contributed by atoms with Crippen molar-refractivity contribution in [1.29, 1.82) is 0 Å². The summed E-state index contributed by atoms with van der Waals surface area (Å²) in [4.78, 5) is 86.6. The number of halogens is 3. The standard InChI is InChI=1S/C38H60F3N9O7/c1-7-23(6)30(48-33(54)29(19-24-12-14-25(51)15-13-24)50(20-22(4)5)36(57)38(39,40)41)34(55)46-26(10-8-16-45-37(43)44)32(53)47-27(18-21(2)3)35(56)49-17-9-11-28(49)31(42)52/h12-15,21-23,26-30,51H,7-11,16-20H2,1-6H3,(H2,42,52)(H,46,55)(H,47,53)(H,48,54)(H4,43,44,45)/t23-,26-,27-,28-,29-,30-/m0/s1. The molecular weight excluding hydrogens is 751 g/mol. The van der Waals surface area contributed by atoms with Gasteiger partial charge in [0.1, 0.15) is 36.0 Å². The maximum Gasteiger partial charge on any atom is 0.471 e. The smallest absolute Gasteiger partial charge is 0.471 e. The molecule has 19 heteroatoms. The Morgan fingerprint density at radius 3 is 2.05 bits per heavy atom. The van der Waals surface area contributed by atoms with E-state index in [1.807, 2.05) is 13.8 Å². The van der Waals surface area contributed by atoms with Gasteiger partial charge in [-0.15, -0.1) is 0 Å². The molecule has 6 amide bonds. The largest absolute Gasteiger partial charge is 0.508 e. The van der Waals surface area contributed by atoms with Crippen molar-refractivity contribution < 1.29 is 47.0 Å². The third kappa shape index (κ3) is 15.1. The molecule has 1 saturated heterocycles. The molecule has 1 fully saturated rings. The molecule has 1 aromatic rings. The van der Waals surface area contributed by atoms with Gasteiger partial charge in [0.2, 0.25) is 29.5 Å². The Morgan fingerprint density at radius 1 is 0.912 bits per heavy atom. The van der Waals surface area contributed by atoms with Gasteiger partial charge in [-0.1, -0.05) is 60.1 Å². The van der Waals surface area contributed by atoms with E-state index in [0.717, 1.165) is 0 Å². The number of alkyl halides is 3. The number of aromatic hydroxyl groups is 1. The summed E-state index contributed by atoms with van der Waals surface area (Å²) in [5.41, 5.74) is 16.8. The molecule has 0 aromatic heterocycles. The van der Waals surface area contributed by atoms with E-state index < -0.39 is 90.2 Å². The predicted octanol–water partition coefficient (Wildman–Crippen LogP) is 1.43. The Balaban J connectivity index is 2.51. The van der Waals surface area contributed by atoms with Crippen molar-refractivity contribution in [3.8, 4) is 5.75 Å². The molecule has 10 N–H and O–H groups in total. The first-order chi connectivity index (χ1) is 26.6. The fourth-order valence-electron chi connectivity index (χ4n) is 6.58. The van der Waals surface area contributed by atoms with Gasteiger partial charge in [0, 0.05) is 26.1 Å². The third-order valence-corrected chi connectivity index (χ3v) is 9.67. The number of amides is 6. The molecule has 1 aromatic carbocycles. The second-order valence-electron chi connectivity index (χ2n) is 15.4. The molecule has 57 heavy (non-hydrogen) atoms. The summed E-state index contributed by atoms with van der Waals surface area (Å²) < 4.78 is 41.9. The van der Waals surface area contributed by atoms with E-state index in [0.29, 0.717) is 29.7 Å². The molecule has 320 valence electrons. The zero-order valence-corrected chi connectivity index (χ0v) is 33.6. The molecule has 0 radical (unpaired) electrons. The number of nitrogens with one attached hydrogen (secondary N) is 3. The number of primary amides is 1. The van der Waals surface area contributed by atoms with Crippen LogP contribution in [-0.2, 0) is 35.2 Å². The number of likely N-dealkylation sites (tertiary alicyclic amines) is 1. The molecule has 0 bridgehead atoms. The van der Waals surface area contributed by atoms with Gasteiger partial charge < -0.3 is 48.1 Å². The second-order valence-corrected chi connectivity index (χ2v) is 15.4. The van der Waals surface area contributed by atoms with E-state index >= 15 is 0 Å². The maximum absolute atomic E-state index is 14.1. The van der Waals surface area contributed by atoms with Gasteiger partial charge in [-0.3, -0.25) is 33.8 Å². The van der Waals surface area contributed by atoms with E-state index in [2.05, 4.69) is 20.9 Å². The lowest BCUT2D eigenvalue weighted by Gasteiger charge is -2.35. The van der Waals surface area contributed by atoms with E-state index in [4.69, 9.17) is 17.2 Å². The van der Waals surface area contributed by atoms with E-state index in [1.54, 1.807) is 27.7 Å². The van der Waals surface area contributed by atoms with Crippen LogP contribution in [0.5, 0.6) is 5.75 Å². The van der Waals surface area contributed by atoms with Crippen LogP contribution in [0.1, 0.15) is 85.6 Å². The number of phenols is 1. The lowest BCUT2D eigenvalue weighted by molar-refractivity contribution is -0.189. The monoisotopic (exact) mass is 811 g/mol. The van der Waals surface area contributed by atoms with Gasteiger partial charge in [0.25, 0.3) is 0 Å². The van der Waals surface area contributed by atoms with Crippen LogP contribution in [0.4, 0.5) is 13.2 Å². The number of hydrogen-bond donors (Lipinski definition) is 7. The van der Waals surface area contributed by atoms with E-state index in [1.165, 1.54) is 29.2 Å². The fraction of sp³-hybridized carbons (Fsp3) is 0.658. The Kier molecular flexibility index (Phi) is 18.5. The second kappa shape index (κ2) is 22.0. The number of aliphatic imine (C=N–C) groups is 1. The van der Waals surface area contributed by atoms with Gasteiger partial charge in [-0.25, -0.2) is 0 Å². The average Bonchev–Trinajstić information content (AvgIpc) is 3.62. The highest BCUT2D eigenvalue weighted by Crippen LogP contribution is 2.25. The molecule has 1 heterocycles. The van der Waals surface area contributed by atoms with Crippen molar-refractivity contribution in [3.05, 3.63) is 29.8 Å². The van der Waals surface area contributed by atoms with Gasteiger partial charge in [0.15, 0.2) is 5.96 Å². The number of rotatable bonds is 21. The first-order valence-corrected chi connectivity index (χ1v) is 19.3. The highest BCUT2D eigenvalue weighted by atomic mass is 19.4. The minimum atomic E-state index is -5.32. The summed E-state index contributed by atoms with van der Waals surface area (Å²) in [7, 11) is 0. The number of carbonyl (C=O) groups excluding carboxylic acids is 6. The zero-order chi connectivity index (χ0) is 43.2. The summed E-state index contributed by atoms with van der Waals surface area (Å²) in [6.07, 6.45) is -4.12. The minimum absolute atomic E-state index is 0.0303. The number of hydrogen-bond acceptors (Lipinski definition) is 8. The molecule has 1 aliphatic rings. The van der Waals surface area contributed by atoms with Crippen LogP contribution in [0.15, 0.2) is 29.3 Å². The normalized spacial score (nSPS) is 16.9. The Labute approximate surface area is 331 Å². The first kappa shape index (κ1) is 48.0. The molecule has 0 spiro atoms. The van der Waals surface area contributed by atoms with E-state index in [9.17, 15) is 47.0 Å². The molecule has 0 saturated carbocycles. The zero-order valence-electron chi connectivity index (χ0n) is 33.6. The van der Waals surface area contributed by atoms with Gasteiger partial charge in [-0.2, -0.15) is 13.2 Å². The summed E-state index contributed by atoms with van der Waals surface area (Å²) in [5.74, 6) is -7.57. The number of benzene rings is 1. The van der Waals surface area contributed by atoms with Crippen LogP contribution in [0.25, 0.3) is 0 Å². The third-order valence-electron chi connectivity index (χ3n) is 9.67. The van der Waals surface area contributed by atoms with Gasteiger partial charge in [-0.05, 0) is 67.6 Å². The molecule has 6 atom stereocenters. The Bertz CT molecular complexity index is 1570. The molecule has 16 nitrogen and oxygen atoms in total. The Morgan fingerprint density at radius 2 is 1.53 bits per heavy atom. The SMILES string of the molecule is CC[C@H](C)[C@H](NC(=O)[C@H](Cc1ccc(O)cc1)N(CC(C)C)C(=O)C(F)(F)F)C(=O)N[C@@H](CCCN=C(N)N)C(=O)N[C@@H](CC(C)C)C(=O)N1CCC[C@H]1C(N)=O. The number of phenolic OH excluding ortho intramolecular Hbond substituents is 1. The molecule has 2 rings (SSSR count). The first-order valence-electron chi connectivity index (χ1n) is 19.3. The molecule has 1 aliphatic heterocycles. The summed E-state index contributed by atoms with van der Waals surface area (Å²) in [6.45, 7) is 10.1. The molecule has 0 aliphatic carbocycles. The lowest BCUT2D eigenvalue weighted by atomic mass is 9.95. The van der Waals surface area contributed by atoms with Crippen LogP contribution in [0, 0.1) is 17.8 Å². The average molecular weight is 812 g/mol. The van der Waals surface area contributed by atoms with Crippen molar-refractivity contribution in [2.45, 2.75) is 123 Å². The van der Waals surface area contributed by atoms with Crippen LogP contribution in [0.3, 0.4) is 0 Å². The van der Waals surface area contributed by atoms with E-state index in [-0.39, 0.29) is 56.4 Å². The van der Waals surface area contributed by atoms with Gasteiger partial charge in [0.05, 0.1) is 0 Å². The number of nitrogens with zero attached hydrogens (tertiary/aromatic N) is 3. The lowest BCUT2D eigenvalue weighted by Crippen LogP contribution is -2.61. The van der Waals surface area contributed by atoms with Crippen LogP contribution in [-0.4, -0.2) is 112 Å². The van der Waals surface area contributed by atoms with Crippen LogP contribution < -0.4 is 33.2 Å². The van der Waals surface area contributed by atoms with Crippen molar-refractivity contribution in [1.82, 2.24) is 25.8 Å². The molecular formula is C38H60F3N9O7. The van der Waals surface area contributed by atoms with Crippen molar-refractivity contribution in [3.63, 3.8) is 0 Å². The summed E-state index contributed by atoms with van der Waals surface area (Å²) in [6, 6.07) is -0.969. The summed E-state index contributed by atoms with van der Waals surface area (Å²) >= 11 is 0. The number of nitrogens with two attached hydrogens (primary N) is 3. The summed E-state index contributed by atoms with van der Waals surface area (Å²) in [5, 5.41) is 17.7. The van der Waals surface area contributed by atoms with Gasteiger partial charge >= 0.3 is 12.1 Å². The van der Waals surface area contributed by atoms with Crippen molar-refractivity contribution >= 4 is 41.4 Å². The Hall–Kier alpha value is -5.10. The van der Waals surface area contributed by atoms with Crippen molar-refractivity contribution in [2.24, 2.45) is 39.9 Å². The predicted molar refractivity (Wildman–Crippen MR) is 207 cm³/mol. The number of carbonyl (C=O) groups is 6. The quantitative estimate of drug-likeness (QED) is 0.0538.